The molecule has 1 fully saturated rings. The zero-order valence-corrected chi connectivity index (χ0v) is 24.0. The van der Waals surface area contributed by atoms with Gasteiger partial charge in [-0.25, -0.2) is 9.07 Å². The highest BCUT2D eigenvalue weighted by Gasteiger charge is 2.49. The Labute approximate surface area is 248 Å². The number of nitrogens with one attached hydrogen (secondary N) is 2. The molecule has 0 unspecified atom stereocenters. The van der Waals surface area contributed by atoms with E-state index in [2.05, 4.69) is 69.0 Å². The molecule has 214 valence electrons. The van der Waals surface area contributed by atoms with Gasteiger partial charge in [0.25, 0.3) is 0 Å². The molecule has 3 heterocycles. The average Bonchev–Trinajstić information content (AvgIpc) is 3.68. The maximum Gasteiger partial charge on any atom is 0.123 e. The third-order valence-corrected chi connectivity index (χ3v) is 7.54. The van der Waals surface area contributed by atoms with E-state index in [1.165, 1.54) is 18.3 Å². The highest BCUT2D eigenvalue weighted by molar-refractivity contribution is 6.01. The minimum Gasteiger partial charge on any atom is -0.383 e. The van der Waals surface area contributed by atoms with Crippen molar-refractivity contribution >= 4 is 22.3 Å². The van der Waals surface area contributed by atoms with Crippen molar-refractivity contribution in [2.45, 2.75) is 45.2 Å². The lowest BCUT2D eigenvalue weighted by Crippen LogP contribution is -2.21. The van der Waals surface area contributed by atoms with Gasteiger partial charge in [-0.2, -0.15) is 20.7 Å². The fourth-order valence-electron chi connectivity index (χ4n) is 5.13. The fourth-order valence-corrected chi connectivity index (χ4v) is 5.13. The number of hydrogen-bond donors (Lipinski definition) is 2. The topological polar surface area (TPSA) is 141 Å². The lowest BCUT2D eigenvalue weighted by atomic mass is 9.96. The summed E-state index contributed by atoms with van der Waals surface area (Å²) in [6.07, 6.45) is 6.75. The zero-order valence-electron chi connectivity index (χ0n) is 24.0. The summed E-state index contributed by atoms with van der Waals surface area (Å²) in [5, 5.41) is 44.8. The maximum absolute atomic E-state index is 14.0. The van der Waals surface area contributed by atoms with Crippen LogP contribution in [0.2, 0.25) is 0 Å². The Hall–Kier alpha value is -5.42. The van der Waals surface area contributed by atoms with E-state index < -0.39 is 11.6 Å². The SMILES string of the molecule is CC(C)(C)CNc1c(C#N)cnc2c(N[C@@H](c3ccc(F)cc3)c3cn(C4(c5cccnn5)CC4)nn3)cc(C#N)cc12. The Balaban J connectivity index is 1.45. The molecule has 3 aromatic heterocycles. The number of nitrogens with zero attached hydrogens (tertiary/aromatic N) is 8. The highest BCUT2D eigenvalue weighted by Crippen LogP contribution is 2.48. The van der Waals surface area contributed by atoms with Crippen molar-refractivity contribution in [3.63, 3.8) is 0 Å². The van der Waals surface area contributed by atoms with Gasteiger partial charge in [0, 0.05) is 24.3 Å². The van der Waals surface area contributed by atoms with Crippen molar-refractivity contribution in [3.8, 4) is 12.1 Å². The van der Waals surface area contributed by atoms with Crippen LogP contribution < -0.4 is 10.6 Å². The minimum absolute atomic E-state index is 0.0556. The largest absolute Gasteiger partial charge is 0.383 e. The van der Waals surface area contributed by atoms with Crippen LogP contribution in [0.4, 0.5) is 15.8 Å². The molecule has 0 bridgehead atoms. The third-order valence-electron chi connectivity index (χ3n) is 7.54. The van der Waals surface area contributed by atoms with Crippen LogP contribution in [0.3, 0.4) is 0 Å². The molecule has 0 spiro atoms. The van der Waals surface area contributed by atoms with E-state index >= 15 is 0 Å². The van der Waals surface area contributed by atoms with Crippen molar-refractivity contribution in [1.29, 1.82) is 10.5 Å². The van der Waals surface area contributed by atoms with E-state index in [9.17, 15) is 14.9 Å². The van der Waals surface area contributed by atoms with E-state index in [4.69, 9.17) is 0 Å². The molecule has 0 amide bonds. The number of rotatable bonds is 8. The zero-order chi connectivity index (χ0) is 30.2. The van der Waals surface area contributed by atoms with Gasteiger partial charge >= 0.3 is 0 Å². The molecule has 2 aromatic carbocycles. The number of anilines is 2. The molecular weight excluding hydrogens is 543 g/mol. The number of halogens is 1. The van der Waals surface area contributed by atoms with Crippen molar-refractivity contribution in [2.24, 2.45) is 5.41 Å². The minimum atomic E-state index is -0.562. The average molecular weight is 573 g/mol. The standard InChI is InChI=1S/C32H29FN10/c1-31(2,3)19-37-28-22(16-35)17-36-30-24(28)13-20(15-34)14-25(30)39-29(21-6-8-23(33)9-7-21)26-18-43(42-40-26)32(10-11-32)27-5-4-12-38-41-27/h4-9,12-14,17-18,29,39H,10-11,19H2,1-3H3,(H,36,37)/t29-/m0/s1. The Morgan fingerprint density at radius 2 is 1.86 bits per heavy atom. The van der Waals surface area contributed by atoms with E-state index in [1.807, 2.05) is 23.0 Å². The Morgan fingerprint density at radius 3 is 2.51 bits per heavy atom. The van der Waals surface area contributed by atoms with E-state index in [0.29, 0.717) is 45.6 Å². The molecule has 0 saturated heterocycles. The first-order chi connectivity index (χ1) is 20.7. The third kappa shape index (κ3) is 5.45. The molecule has 0 aliphatic heterocycles. The normalized spacial score (nSPS) is 14.5. The molecule has 43 heavy (non-hydrogen) atoms. The monoisotopic (exact) mass is 572 g/mol. The summed E-state index contributed by atoms with van der Waals surface area (Å²) in [6, 6.07) is 17.3. The summed E-state index contributed by atoms with van der Waals surface area (Å²) < 4.78 is 15.8. The van der Waals surface area contributed by atoms with Crippen LogP contribution in [-0.4, -0.2) is 36.7 Å². The first-order valence-electron chi connectivity index (χ1n) is 13.9. The number of nitriles is 2. The van der Waals surface area contributed by atoms with Crippen LogP contribution >= 0.6 is 0 Å². The Kier molecular flexibility index (Phi) is 6.95. The van der Waals surface area contributed by atoms with Crippen LogP contribution in [0.15, 0.2) is 67.1 Å². The Bertz CT molecular complexity index is 1870. The molecule has 10 nitrogen and oxygen atoms in total. The van der Waals surface area contributed by atoms with Crippen LogP contribution in [0.5, 0.6) is 0 Å². The predicted octanol–water partition coefficient (Wildman–Crippen LogP) is 5.70. The van der Waals surface area contributed by atoms with Crippen LogP contribution in [0, 0.1) is 33.9 Å². The number of fused-ring (bicyclic) bond motifs is 1. The van der Waals surface area contributed by atoms with E-state index in [0.717, 1.165) is 24.1 Å². The predicted molar refractivity (Wildman–Crippen MR) is 159 cm³/mol. The number of hydrogen-bond acceptors (Lipinski definition) is 9. The lowest BCUT2D eigenvalue weighted by Gasteiger charge is -2.23. The van der Waals surface area contributed by atoms with Crippen LogP contribution in [0.25, 0.3) is 10.9 Å². The maximum atomic E-state index is 14.0. The highest BCUT2D eigenvalue weighted by atomic mass is 19.1. The molecular formula is C32H29FN10. The summed E-state index contributed by atoms with van der Waals surface area (Å²) in [5.74, 6) is -0.358. The fraction of sp³-hybridized carbons (Fsp3) is 0.281. The summed E-state index contributed by atoms with van der Waals surface area (Å²) in [7, 11) is 0. The molecule has 1 aliphatic carbocycles. The van der Waals surface area contributed by atoms with E-state index in [1.54, 1.807) is 30.5 Å². The van der Waals surface area contributed by atoms with Gasteiger partial charge in [0.2, 0.25) is 0 Å². The molecule has 6 rings (SSSR count). The second-order valence-electron chi connectivity index (χ2n) is 12.0. The summed E-state index contributed by atoms with van der Waals surface area (Å²) in [5.41, 5.74) is 4.22. The van der Waals surface area contributed by atoms with Crippen molar-refractivity contribution in [2.75, 3.05) is 17.2 Å². The second-order valence-corrected chi connectivity index (χ2v) is 12.0. The lowest BCUT2D eigenvalue weighted by molar-refractivity contribution is 0.443. The van der Waals surface area contributed by atoms with Crippen molar-refractivity contribution < 1.29 is 4.39 Å². The number of aromatic nitrogens is 6. The molecule has 1 atom stereocenters. The molecule has 5 aromatic rings. The quantitative estimate of drug-likeness (QED) is 0.240. The van der Waals surface area contributed by atoms with Crippen LogP contribution in [-0.2, 0) is 5.54 Å². The van der Waals surface area contributed by atoms with Gasteiger partial charge in [0.1, 0.15) is 23.1 Å². The van der Waals surface area contributed by atoms with E-state index in [-0.39, 0.29) is 11.2 Å². The molecule has 2 N–H and O–H groups in total. The Morgan fingerprint density at radius 1 is 1.07 bits per heavy atom. The first kappa shape index (κ1) is 27.7. The molecule has 0 radical (unpaired) electrons. The summed E-state index contributed by atoms with van der Waals surface area (Å²) in [6.45, 7) is 6.90. The number of benzene rings is 2. The second kappa shape index (κ2) is 10.8. The van der Waals surface area contributed by atoms with Gasteiger partial charge in [-0.05, 0) is 60.2 Å². The van der Waals surface area contributed by atoms with Gasteiger partial charge in [-0.1, -0.05) is 38.1 Å². The van der Waals surface area contributed by atoms with Gasteiger partial charge in [-0.15, -0.1) is 5.10 Å². The first-order valence-corrected chi connectivity index (χ1v) is 13.9. The summed E-state index contributed by atoms with van der Waals surface area (Å²) in [4.78, 5) is 4.63. The molecule has 1 aliphatic rings. The van der Waals surface area contributed by atoms with Crippen LogP contribution in [0.1, 0.15) is 67.7 Å². The van der Waals surface area contributed by atoms with Gasteiger partial charge < -0.3 is 10.6 Å². The van der Waals surface area contributed by atoms with Crippen molar-refractivity contribution in [1.82, 2.24) is 30.2 Å². The summed E-state index contributed by atoms with van der Waals surface area (Å²) >= 11 is 0. The molecule has 11 heteroatoms. The van der Waals surface area contributed by atoms with Gasteiger partial charge in [-0.3, -0.25) is 4.98 Å². The number of pyridine rings is 1. The van der Waals surface area contributed by atoms with Crippen molar-refractivity contribution in [3.05, 3.63) is 101 Å². The molecule has 1 saturated carbocycles. The van der Waals surface area contributed by atoms with Gasteiger partial charge in [0.15, 0.2) is 0 Å². The van der Waals surface area contributed by atoms with Gasteiger partial charge in [0.05, 0.1) is 52.0 Å². The smallest absolute Gasteiger partial charge is 0.123 e.